The van der Waals surface area contributed by atoms with Crippen LogP contribution in [-0.2, 0) is 0 Å². The fourth-order valence-electron chi connectivity index (χ4n) is 5.44. The second-order valence-electron chi connectivity index (χ2n) is 9.72. The maximum Gasteiger partial charge on any atom is 0.316 e. The number of nitrogens with one attached hydrogen (secondary N) is 1. The summed E-state index contributed by atoms with van der Waals surface area (Å²) in [6.07, 6.45) is 7.26. The number of methoxy groups -OCH3 is 1. The van der Waals surface area contributed by atoms with E-state index in [2.05, 4.69) is 30.5 Å². The molecule has 2 N–H and O–H groups in total. The number of benzene rings is 1. The summed E-state index contributed by atoms with van der Waals surface area (Å²) in [4.78, 5) is 14.3. The van der Waals surface area contributed by atoms with Crippen LogP contribution in [0.1, 0.15) is 38.5 Å². The normalized spacial score (nSPS) is 25.4. The summed E-state index contributed by atoms with van der Waals surface area (Å²) in [5.74, 6) is -0.343. The first-order valence-electron chi connectivity index (χ1n) is 12.3. The highest BCUT2D eigenvalue weighted by Gasteiger charge is 2.47. The van der Waals surface area contributed by atoms with E-state index in [-0.39, 0.29) is 35.6 Å². The Labute approximate surface area is 207 Å². The molecule has 2 aromatic heterocycles. The average molecular weight is 496 g/mol. The molecule has 1 saturated carbocycles. The zero-order valence-electron chi connectivity index (χ0n) is 19.8. The number of halogens is 2. The number of piperidine rings is 2. The molecular weight excluding hydrogens is 468 g/mol. The lowest BCUT2D eigenvalue weighted by molar-refractivity contribution is 0.103. The minimum Gasteiger partial charge on any atom is -0.507 e. The molecule has 2 bridgehead atoms. The van der Waals surface area contributed by atoms with Gasteiger partial charge in [-0.15, -0.1) is 10.2 Å². The molecule has 4 atom stereocenters. The molecule has 2 aliphatic heterocycles. The standard InChI is InChI=1S/C25H27F2N7O2/c1-36-25-29-11-17(26)23(31-25)13-5-8-16(21(35)9-13)19-12-28-24(33-32-19)34(15-6-7-15)20-10-14-3-2-4-18(30-14)22(20)27/h5,8-9,11-12,14-15,18,20,22,30,35H,2-4,6-7,10H2,1H3/t14-,18-,20+,22-/m0/s1. The molecule has 11 heteroatoms. The summed E-state index contributed by atoms with van der Waals surface area (Å²) in [5.41, 5.74) is 1.12. The highest BCUT2D eigenvalue weighted by Crippen LogP contribution is 2.39. The van der Waals surface area contributed by atoms with Crippen molar-refractivity contribution >= 4 is 5.95 Å². The number of anilines is 1. The average Bonchev–Trinajstić information content (AvgIpc) is 3.73. The zero-order valence-corrected chi connectivity index (χ0v) is 19.8. The molecule has 2 saturated heterocycles. The summed E-state index contributed by atoms with van der Waals surface area (Å²) < 4.78 is 34.7. The molecule has 0 spiro atoms. The van der Waals surface area contributed by atoms with Gasteiger partial charge in [-0.2, -0.15) is 4.98 Å². The molecule has 0 unspecified atom stereocenters. The number of phenols is 1. The largest absolute Gasteiger partial charge is 0.507 e. The maximum absolute atomic E-state index is 15.4. The monoisotopic (exact) mass is 495 g/mol. The quantitative estimate of drug-likeness (QED) is 0.531. The van der Waals surface area contributed by atoms with Crippen molar-refractivity contribution in [1.82, 2.24) is 30.5 Å². The van der Waals surface area contributed by atoms with Crippen LogP contribution in [0.25, 0.3) is 22.5 Å². The SMILES string of the molecule is COc1ncc(F)c(-c2ccc(-c3cnc(N(C4CC4)[C@@H]4C[C@@H]5CCC[C@H](N5)[C@@H]4F)nn3)c(O)c2)n1. The van der Waals surface area contributed by atoms with Crippen LogP contribution < -0.4 is 15.0 Å². The molecule has 1 aliphatic carbocycles. The van der Waals surface area contributed by atoms with Crippen LogP contribution in [-0.4, -0.2) is 67.7 Å². The Morgan fingerprint density at radius 2 is 1.97 bits per heavy atom. The van der Waals surface area contributed by atoms with Crippen molar-refractivity contribution in [3.05, 3.63) is 36.4 Å². The van der Waals surface area contributed by atoms with Crippen molar-refractivity contribution in [1.29, 1.82) is 0 Å². The lowest BCUT2D eigenvalue weighted by Crippen LogP contribution is -2.62. The third-order valence-electron chi connectivity index (χ3n) is 7.33. The fraction of sp³-hybridized carbons (Fsp3) is 0.480. The maximum atomic E-state index is 15.4. The van der Waals surface area contributed by atoms with Gasteiger partial charge in [0.05, 0.1) is 25.5 Å². The van der Waals surface area contributed by atoms with Crippen LogP contribution >= 0.6 is 0 Å². The van der Waals surface area contributed by atoms with Gasteiger partial charge in [0.2, 0.25) is 5.95 Å². The second kappa shape index (κ2) is 9.20. The molecular formula is C25H27F2N7O2. The highest BCUT2D eigenvalue weighted by atomic mass is 19.1. The molecule has 9 nitrogen and oxygen atoms in total. The fourth-order valence-corrected chi connectivity index (χ4v) is 5.44. The highest BCUT2D eigenvalue weighted by molar-refractivity contribution is 5.72. The smallest absolute Gasteiger partial charge is 0.316 e. The van der Waals surface area contributed by atoms with Gasteiger partial charge in [0, 0.05) is 29.3 Å². The molecule has 4 heterocycles. The minimum absolute atomic E-state index is 0.0100. The van der Waals surface area contributed by atoms with Gasteiger partial charge in [0.25, 0.3) is 0 Å². The molecule has 188 valence electrons. The number of aromatic nitrogens is 5. The molecule has 1 aromatic carbocycles. The molecule has 0 radical (unpaired) electrons. The van der Waals surface area contributed by atoms with Crippen LogP contribution in [0.2, 0.25) is 0 Å². The Morgan fingerprint density at radius 1 is 1.11 bits per heavy atom. The summed E-state index contributed by atoms with van der Waals surface area (Å²) in [6.45, 7) is 0. The molecule has 0 amide bonds. The van der Waals surface area contributed by atoms with Gasteiger partial charge in [0.1, 0.15) is 23.3 Å². The van der Waals surface area contributed by atoms with E-state index in [0.29, 0.717) is 28.8 Å². The number of hydrogen-bond donors (Lipinski definition) is 2. The first kappa shape index (κ1) is 23.0. The number of aromatic hydroxyl groups is 1. The first-order chi connectivity index (χ1) is 17.5. The predicted molar refractivity (Wildman–Crippen MR) is 128 cm³/mol. The van der Waals surface area contributed by atoms with E-state index in [1.165, 1.54) is 19.4 Å². The van der Waals surface area contributed by atoms with Gasteiger partial charge >= 0.3 is 6.01 Å². The van der Waals surface area contributed by atoms with Gasteiger partial charge < -0.3 is 20.1 Å². The van der Waals surface area contributed by atoms with Gasteiger partial charge in [-0.25, -0.2) is 18.7 Å². The van der Waals surface area contributed by atoms with Gasteiger partial charge in [-0.1, -0.05) is 12.5 Å². The number of alkyl halides is 1. The van der Waals surface area contributed by atoms with Crippen molar-refractivity contribution in [3.8, 4) is 34.3 Å². The van der Waals surface area contributed by atoms with Crippen molar-refractivity contribution in [2.24, 2.45) is 0 Å². The number of nitrogens with zero attached hydrogens (tertiary/aromatic N) is 6. The van der Waals surface area contributed by atoms with Crippen LogP contribution in [0.4, 0.5) is 14.7 Å². The molecule has 36 heavy (non-hydrogen) atoms. The first-order valence-corrected chi connectivity index (χ1v) is 12.3. The number of phenolic OH excluding ortho intramolecular Hbond substituents is 1. The van der Waals surface area contributed by atoms with Crippen LogP contribution in [0.5, 0.6) is 11.8 Å². The van der Waals surface area contributed by atoms with E-state index >= 15 is 4.39 Å². The zero-order chi connectivity index (χ0) is 24.8. The van der Waals surface area contributed by atoms with Gasteiger partial charge in [0.15, 0.2) is 5.82 Å². The van der Waals surface area contributed by atoms with Crippen LogP contribution in [0.15, 0.2) is 30.6 Å². The van der Waals surface area contributed by atoms with E-state index in [4.69, 9.17) is 4.74 Å². The summed E-state index contributed by atoms with van der Waals surface area (Å²) in [5, 5.41) is 22.8. The third kappa shape index (κ3) is 4.21. The predicted octanol–water partition coefficient (Wildman–Crippen LogP) is 3.44. The van der Waals surface area contributed by atoms with E-state index in [9.17, 15) is 9.50 Å². The van der Waals surface area contributed by atoms with Gasteiger partial charge in [-0.05, 0) is 44.2 Å². The van der Waals surface area contributed by atoms with Crippen molar-refractivity contribution in [3.63, 3.8) is 0 Å². The second-order valence-corrected chi connectivity index (χ2v) is 9.72. The molecule has 3 aromatic rings. The number of fused-ring (bicyclic) bond motifs is 2. The number of ether oxygens (including phenoxy) is 1. The Hall–Kier alpha value is -3.47. The van der Waals surface area contributed by atoms with Crippen molar-refractivity contribution in [2.75, 3.05) is 12.0 Å². The third-order valence-corrected chi connectivity index (χ3v) is 7.33. The summed E-state index contributed by atoms with van der Waals surface area (Å²) in [6, 6.07) is 4.81. The van der Waals surface area contributed by atoms with E-state index < -0.39 is 12.0 Å². The Morgan fingerprint density at radius 3 is 2.69 bits per heavy atom. The Kier molecular flexibility index (Phi) is 5.87. The topological polar surface area (TPSA) is 109 Å². The van der Waals surface area contributed by atoms with E-state index in [1.807, 2.05) is 4.90 Å². The lowest BCUT2D eigenvalue weighted by Gasteiger charge is -2.46. The van der Waals surface area contributed by atoms with Crippen molar-refractivity contribution < 1.29 is 18.6 Å². The van der Waals surface area contributed by atoms with Crippen LogP contribution in [0, 0.1) is 5.82 Å². The molecule has 6 rings (SSSR count). The van der Waals surface area contributed by atoms with E-state index in [1.54, 1.807) is 12.1 Å². The summed E-state index contributed by atoms with van der Waals surface area (Å²) in [7, 11) is 1.39. The Bertz CT molecular complexity index is 1260. The molecule has 3 fully saturated rings. The van der Waals surface area contributed by atoms with E-state index in [0.717, 1.165) is 44.7 Å². The van der Waals surface area contributed by atoms with Crippen LogP contribution in [0.3, 0.4) is 0 Å². The van der Waals surface area contributed by atoms with Gasteiger partial charge in [-0.3, -0.25) is 0 Å². The lowest BCUT2D eigenvalue weighted by atomic mass is 9.82. The number of hydrogen-bond acceptors (Lipinski definition) is 9. The summed E-state index contributed by atoms with van der Waals surface area (Å²) >= 11 is 0. The minimum atomic E-state index is -0.983. The Balaban J connectivity index is 1.26. The van der Waals surface area contributed by atoms with Crippen molar-refractivity contribution in [2.45, 2.75) is 68.9 Å². The number of rotatable bonds is 6. The molecule has 3 aliphatic rings.